The van der Waals surface area contributed by atoms with Crippen molar-refractivity contribution in [3.05, 3.63) is 12.7 Å². The van der Waals surface area contributed by atoms with Gasteiger partial charge in [0.05, 0.1) is 11.2 Å². The van der Waals surface area contributed by atoms with E-state index in [1.54, 1.807) is 0 Å². The summed E-state index contributed by atoms with van der Waals surface area (Å²) in [6, 6.07) is 0. The fourth-order valence-corrected chi connectivity index (χ4v) is 2.29. The van der Waals surface area contributed by atoms with E-state index >= 15 is 0 Å². The van der Waals surface area contributed by atoms with Crippen molar-refractivity contribution < 1.29 is 22.6 Å². The number of carbonyl (C=O) groups is 2. The molecule has 0 saturated heterocycles. The molecular formula is C8H13NO5S. The van der Waals surface area contributed by atoms with Crippen LogP contribution in [0.4, 0.5) is 0 Å². The second kappa shape index (κ2) is 4.54. The molecule has 0 aromatic carbocycles. The highest BCUT2D eigenvalue weighted by Gasteiger charge is 2.37. The summed E-state index contributed by atoms with van der Waals surface area (Å²) in [6.07, 6.45) is 0.436. The van der Waals surface area contributed by atoms with E-state index in [4.69, 9.17) is 10.3 Å². The summed E-state index contributed by atoms with van der Waals surface area (Å²) in [4.78, 5) is 22.0. The quantitative estimate of drug-likeness (QED) is 0.476. The Kier molecular flexibility index (Phi) is 4.17. The number of hydrogen-bond donors (Lipinski definition) is 2. The summed E-state index contributed by atoms with van der Waals surface area (Å²) in [5, 5.41) is 0. The monoisotopic (exact) mass is 235 g/mol. The average molecular weight is 235 g/mol. The molecule has 3 N–H and O–H groups in total. The first-order chi connectivity index (χ1) is 6.60. The van der Waals surface area contributed by atoms with Crippen molar-refractivity contribution in [1.82, 2.24) is 0 Å². The highest BCUT2D eigenvalue weighted by atomic mass is 32.2. The number of nitrogens with two attached hydrogens (primary N) is 1. The third-order valence-corrected chi connectivity index (χ3v) is 2.85. The standard InChI is InChI=1S/C8H13NO5S/c1-3-6(10)8(2,4-7(9)11)5-15(12,13)14/h3H,1,4-5H2,2H3,(H2,9,11)(H,12,13,14). The molecule has 0 radical (unpaired) electrons. The highest BCUT2D eigenvalue weighted by molar-refractivity contribution is 7.85. The summed E-state index contributed by atoms with van der Waals surface area (Å²) >= 11 is 0. The molecule has 0 aromatic rings. The van der Waals surface area contributed by atoms with Gasteiger partial charge in [0.25, 0.3) is 10.1 Å². The number of carbonyl (C=O) groups excluding carboxylic acids is 2. The predicted molar refractivity (Wildman–Crippen MR) is 53.5 cm³/mol. The topological polar surface area (TPSA) is 115 Å². The van der Waals surface area contributed by atoms with Gasteiger partial charge in [0, 0.05) is 6.42 Å². The largest absolute Gasteiger partial charge is 0.370 e. The first kappa shape index (κ1) is 13.8. The van der Waals surface area contributed by atoms with Crippen LogP contribution in [0.5, 0.6) is 0 Å². The molecule has 86 valence electrons. The molecule has 0 spiro atoms. The van der Waals surface area contributed by atoms with E-state index in [1.165, 1.54) is 6.92 Å². The maximum atomic E-state index is 11.3. The molecule has 0 aromatic heterocycles. The Bertz CT molecular complexity index is 386. The van der Waals surface area contributed by atoms with Gasteiger partial charge in [-0.2, -0.15) is 8.42 Å². The molecule has 0 aliphatic heterocycles. The summed E-state index contributed by atoms with van der Waals surface area (Å²) in [5.41, 5.74) is 3.33. The molecule has 6 nitrogen and oxygen atoms in total. The lowest BCUT2D eigenvalue weighted by Crippen LogP contribution is -2.38. The van der Waals surface area contributed by atoms with E-state index in [1.807, 2.05) is 0 Å². The van der Waals surface area contributed by atoms with Crippen molar-refractivity contribution in [1.29, 1.82) is 0 Å². The van der Waals surface area contributed by atoms with Gasteiger partial charge in [-0.1, -0.05) is 13.5 Å². The van der Waals surface area contributed by atoms with E-state index in [0.717, 1.165) is 6.08 Å². The van der Waals surface area contributed by atoms with Crippen LogP contribution in [-0.2, 0) is 19.7 Å². The molecule has 0 saturated carbocycles. The first-order valence-electron chi connectivity index (χ1n) is 4.01. The normalized spacial score (nSPS) is 15.3. The van der Waals surface area contributed by atoms with E-state index in [2.05, 4.69) is 6.58 Å². The molecule has 1 unspecified atom stereocenters. The number of ketones is 1. The summed E-state index contributed by atoms with van der Waals surface area (Å²) in [5.74, 6) is -2.33. The van der Waals surface area contributed by atoms with E-state index < -0.39 is 39.4 Å². The molecule has 1 atom stereocenters. The average Bonchev–Trinajstić information content (AvgIpc) is 1.97. The minimum atomic E-state index is -4.36. The number of primary amides is 1. The highest BCUT2D eigenvalue weighted by Crippen LogP contribution is 2.25. The predicted octanol–water partition coefficient (Wildman–Crippen LogP) is -0.489. The van der Waals surface area contributed by atoms with Crippen LogP contribution in [-0.4, -0.2) is 30.4 Å². The SMILES string of the molecule is C=CC(=O)C(C)(CC(N)=O)CS(=O)(=O)O. The molecule has 15 heavy (non-hydrogen) atoms. The molecule has 0 heterocycles. The number of amides is 1. The van der Waals surface area contributed by atoms with Gasteiger partial charge in [-0.3, -0.25) is 14.1 Å². The van der Waals surface area contributed by atoms with Crippen molar-refractivity contribution in [3.63, 3.8) is 0 Å². The van der Waals surface area contributed by atoms with E-state index in [0.29, 0.717) is 0 Å². The zero-order chi connectivity index (χ0) is 12.3. The van der Waals surface area contributed by atoms with E-state index in [9.17, 15) is 18.0 Å². The fourth-order valence-electron chi connectivity index (χ4n) is 1.24. The van der Waals surface area contributed by atoms with Crippen LogP contribution in [0, 0.1) is 5.41 Å². The molecule has 0 aliphatic rings. The van der Waals surface area contributed by atoms with Gasteiger partial charge in [0.2, 0.25) is 5.91 Å². The summed E-state index contributed by atoms with van der Waals surface area (Å²) in [7, 11) is -4.36. The lowest BCUT2D eigenvalue weighted by Gasteiger charge is -2.23. The fraction of sp³-hybridized carbons (Fsp3) is 0.500. The second-order valence-corrected chi connectivity index (χ2v) is 4.95. The Morgan fingerprint density at radius 2 is 2.00 bits per heavy atom. The van der Waals surface area contributed by atoms with Crippen LogP contribution in [0.1, 0.15) is 13.3 Å². The summed E-state index contributed by atoms with van der Waals surface area (Å²) < 4.78 is 30.0. The molecule has 1 amide bonds. The Morgan fingerprint density at radius 1 is 1.53 bits per heavy atom. The maximum absolute atomic E-state index is 11.3. The van der Waals surface area contributed by atoms with Gasteiger partial charge in [-0.15, -0.1) is 0 Å². The van der Waals surface area contributed by atoms with Gasteiger partial charge in [0.1, 0.15) is 0 Å². The van der Waals surface area contributed by atoms with E-state index in [-0.39, 0.29) is 0 Å². The Hall–Kier alpha value is -1.21. The molecular weight excluding hydrogens is 222 g/mol. The van der Waals surface area contributed by atoms with Gasteiger partial charge >= 0.3 is 0 Å². The minimum Gasteiger partial charge on any atom is -0.370 e. The second-order valence-electron chi connectivity index (χ2n) is 3.50. The molecule has 0 rings (SSSR count). The third kappa shape index (κ3) is 4.71. The molecule has 0 fully saturated rings. The van der Waals surface area contributed by atoms with Gasteiger partial charge in [-0.05, 0) is 6.08 Å². The Morgan fingerprint density at radius 3 is 2.27 bits per heavy atom. The number of rotatable bonds is 6. The van der Waals surface area contributed by atoms with Crippen molar-refractivity contribution in [2.75, 3.05) is 5.75 Å². The smallest absolute Gasteiger partial charge is 0.265 e. The minimum absolute atomic E-state index is 0.461. The van der Waals surface area contributed by atoms with Crippen LogP contribution < -0.4 is 5.73 Å². The lowest BCUT2D eigenvalue weighted by molar-refractivity contribution is -0.128. The molecule has 7 heteroatoms. The van der Waals surface area contributed by atoms with Gasteiger partial charge < -0.3 is 5.73 Å². The first-order valence-corrected chi connectivity index (χ1v) is 5.62. The zero-order valence-electron chi connectivity index (χ0n) is 8.26. The van der Waals surface area contributed by atoms with Crippen LogP contribution in [0.2, 0.25) is 0 Å². The van der Waals surface area contributed by atoms with Crippen LogP contribution in [0.3, 0.4) is 0 Å². The van der Waals surface area contributed by atoms with Gasteiger partial charge in [-0.25, -0.2) is 0 Å². The molecule has 0 bridgehead atoms. The van der Waals surface area contributed by atoms with Crippen molar-refractivity contribution in [3.8, 4) is 0 Å². The number of hydrogen-bond acceptors (Lipinski definition) is 4. The van der Waals surface area contributed by atoms with Gasteiger partial charge in [0.15, 0.2) is 5.78 Å². The summed E-state index contributed by atoms with van der Waals surface area (Å²) in [6.45, 7) is 4.42. The third-order valence-electron chi connectivity index (χ3n) is 1.85. The van der Waals surface area contributed by atoms with Crippen LogP contribution in [0.25, 0.3) is 0 Å². The lowest BCUT2D eigenvalue weighted by atomic mass is 9.84. The number of allylic oxidation sites excluding steroid dienone is 1. The molecule has 0 aliphatic carbocycles. The Balaban J connectivity index is 5.11. The zero-order valence-corrected chi connectivity index (χ0v) is 9.08. The van der Waals surface area contributed by atoms with Crippen molar-refractivity contribution >= 4 is 21.8 Å². The Labute approximate surface area is 87.9 Å². The van der Waals surface area contributed by atoms with Crippen LogP contribution >= 0.6 is 0 Å². The van der Waals surface area contributed by atoms with Crippen molar-refractivity contribution in [2.45, 2.75) is 13.3 Å². The van der Waals surface area contributed by atoms with Crippen molar-refractivity contribution in [2.24, 2.45) is 11.1 Å². The van der Waals surface area contributed by atoms with Crippen LogP contribution in [0.15, 0.2) is 12.7 Å². The maximum Gasteiger partial charge on any atom is 0.265 e.